The van der Waals surface area contributed by atoms with Crippen molar-refractivity contribution in [2.75, 3.05) is 0 Å². The average Bonchev–Trinajstić information content (AvgIpc) is 1.80. The molecule has 0 aliphatic carbocycles. The van der Waals surface area contributed by atoms with E-state index in [1.807, 2.05) is 18.2 Å². The molecule has 0 aromatic heterocycles. The minimum atomic E-state index is 1.01. The predicted octanol–water partition coefficient (Wildman–Crippen LogP) is 0.976. The second-order valence-electron chi connectivity index (χ2n) is 1.81. The van der Waals surface area contributed by atoms with Gasteiger partial charge >= 0.3 is 0 Å². The molecule has 48 valence electrons. The highest BCUT2D eigenvalue weighted by Gasteiger charge is 1.90. The largest absolute Gasteiger partial charge is 0.143 e. The first-order valence-corrected chi connectivity index (χ1v) is 4.14. The fourth-order valence-corrected chi connectivity index (χ4v) is 1.37. The van der Waals surface area contributed by atoms with Gasteiger partial charge in [0.15, 0.2) is 0 Å². The molecule has 1 rings (SSSR count). The summed E-state index contributed by atoms with van der Waals surface area (Å²) in [5.41, 5.74) is 0. The van der Waals surface area contributed by atoms with Crippen LogP contribution in [0.5, 0.6) is 0 Å². The fraction of sp³-hybridized carbons (Fsp3) is 0. The molecule has 0 amide bonds. The third-order valence-corrected chi connectivity index (χ3v) is 2.71. The van der Waals surface area contributed by atoms with Gasteiger partial charge in [0.25, 0.3) is 0 Å². The van der Waals surface area contributed by atoms with Crippen molar-refractivity contribution >= 4 is 41.7 Å². The first kappa shape index (κ1) is 7.54. The highest BCUT2D eigenvalue weighted by atomic mass is 32.1. The third kappa shape index (κ3) is 1.93. The maximum Gasteiger partial charge on any atom is 0.00465 e. The van der Waals surface area contributed by atoms with Gasteiger partial charge in [-0.2, -0.15) is 0 Å². The maximum absolute atomic E-state index is 4.18. The molecule has 0 saturated carbocycles. The van der Waals surface area contributed by atoms with Crippen molar-refractivity contribution in [3.05, 3.63) is 18.2 Å². The lowest BCUT2D eigenvalue weighted by Gasteiger charge is -1.97. The molecule has 2 unspecified atom stereocenters. The Hall–Kier alpha value is 0.430. The Labute approximate surface area is 65.2 Å². The average molecular weight is 174 g/mol. The summed E-state index contributed by atoms with van der Waals surface area (Å²) in [7, 11) is 5.31. The number of hydrogen-bond donors (Lipinski definition) is 1. The van der Waals surface area contributed by atoms with Crippen molar-refractivity contribution in [3.63, 3.8) is 0 Å². The first-order chi connectivity index (χ1) is 4.20. The van der Waals surface area contributed by atoms with Crippen LogP contribution in [-0.4, -0.2) is 0 Å². The highest BCUT2D eigenvalue weighted by molar-refractivity contribution is 7.80. The summed E-state index contributed by atoms with van der Waals surface area (Å²) < 4.78 is 0. The summed E-state index contributed by atoms with van der Waals surface area (Å²) >= 11 is 4.18. The number of rotatable bonds is 0. The van der Waals surface area contributed by atoms with E-state index < -0.39 is 0 Å². The van der Waals surface area contributed by atoms with Crippen LogP contribution in [-0.2, 0) is 0 Å². The summed E-state index contributed by atoms with van der Waals surface area (Å²) in [5.74, 6) is 0. The molecule has 0 nitrogen and oxygen atoms in total. The van der Waals surface area contributed by atoms with Crippen LogP contribution in [0.3, 0.4) is 0 Å². The van der Waals surface area contributed by atoms with E-state index in [1.54, 1.807) is 0 Å². The molecule has 0 heterocycles. The van der Waals surface area contributed by atoms with E-state index in [0.29, 0.717) is 0 Å². The minimum Gasteiger partial charge on any atom is -0.143 e. The third-order valence-electron chi connectivity index (χ3n) is 1.07. The van der Waals surface area contributed by atoms with Crippen molar-refractivity contribution in [3.8, 4) is 0 Å². The monoisotopic (exact) mass is 174 g/mol. The summed E-state index contributed by atoms with van der Waals surface area (Å²) in [4.78, 5) is 1.01. The zero-order valence-electron chi connectivity index (χ0n) is 4.83. The number of benzene rings is 1. The van der Waals surface area contributed by atoms with Crippen molar-refractivity contribution in [2.24, 2.45) is 0 Å². The smallest absolute Gasteiger partial charge is 0.00465 e. The second kappa shape index (κ2) is 3.01. The zero-order valence-corrected chi connectivity index (χ0v) is 8.04. The zero-order chi connectivity index (χ0) is 6.85. The van der Waals surface area contributed by atoms with Crippen molar-refractivity contribution in [1.29, 1.82) is 0 Å². The van der Waals surface area contributed by atoms with Gasteiger partial charge in [0.2, 0.25) is 0 Å². The molecule has 0 fully saturated rings. The maximum atomic E-state index is 4.18. The van der Waals surface area contributed by atoms with Gasteiger partial charge in [-0.05, 0) is 22.7 Å². The molecule has 0 bridgehead atoms. The molecular formula is C6H8P2S. The minimum absolute atomic E-state index is 1.01. The standard InChI is InChI=1S/C6H8P2S/c7-5-2-1-4(9)3-6(5)8/h1-3,9H,7-8H2. The lowest BCUT2D eigenvalue weighted by atomic mass is 10.4. The molecule has 1 aromatic rings. The van der Waals surface area contributed by atoms with Gasteiger partial charge in [0.05, 0.1) is 0 Å². The van der Waals surface area contributed by atoms with Crippen LogP contribution in [0.4, 0.5) is 0 Å². The number of hydrogen-bond acceptors (Lipinski definition) is 1. The van der Waals surface area contributed by atoms with E-state index in [0.717, 1.165) is 4.90 Å². The van der Waals surface area contributed by atoms with Crippen molar-refractivity contribution in [1.82, 2.24) is 0 Å². The molecular weight excluding hydrogens is 166 g/mol. The Morgan fingerprint density at radius 1 is 1.11 bits per heavy atom. The summed E-state index contributed by atoms with van der Waals surface area (Å²) in [6.07, 6.45) is 0. The van der Waals surface area contributed by atoms with E-state index >= 15 is 0 Å². The van der Waals surface area contributed by atoms with Crippen molar-refractivity contribution < 1.29 is 0 Å². The van der Waals surface area contributed by atoms with Crippen LogP contribution < -0.4 is 10.6 Å². The van der Waals surface area contributed by atoms with Crippen LogP contribution in [0.1, 0.15) is 0 Å². The Bertz CT molecular complexity index is 222. The van der Waals surface area contributed by atoms with E-state index in [2.05, 4.69) is 31.1 Å². The molecule has 3 heteroatoms. The summed E-state index contributed by atoms with van der Waals surface area (Å²) in [6, 6.07) is 6.00. The van der Waals surface area contributed by atoms with E-state index in [9.17, 15) is 0 Å². The van der Waals surface area contributed by atoms with Crippen molar-refractivity contribution in [2.45, 2.75) is 4.90 Å². The topological polar surface area (TPSA) is 0 Å². The molecule has 9 heavy (non-hydrogen) atoms. The Morgan fingerprint density at radius 3 is 2.22 bits per heavy atom. The molecule has 2 atom stereocenters. The normalized spacial score (nSPS) is 9.67. The highest BCUT2D eigenvalue weighted by Crippen LogP contribution is 2.03. The molecule has 0 aliphatic rings. The van der Waals surface area contributed by atoms with Gasteiger partial charge in [0, 0.05) is 4.90 Å². The lowest BCUT2D eigenvalue weighted by Crippen LogP contribution is -2.09. The summed E-state index contributed by atoms with van der Waals surface area (Å²) in [6.45, 7) is 0. The molecule has 0 spiro atoms. The summed E-state index contributed by atoms with van der Waals surface area (Å²) in [5, 5.41) is 2.39. The Morgan fingerprint density at radius 2 is 1.78 bits per heavy atom. The molecule has 0 N–H and O–H groups in total. The first-order valence-electron chi connectivity index (χ1n) is 2.54. The Balaban J connectivity index is 3.17. The predicted molar refractivity (Wildman–Crippen MR) is 52.4 cm³/mol. The quantitative estimate of drug-likeness (QED) is 0.440. The fourth-order valence-electron chi connectivity index (χ4n) is 0.562. The molecule has 0 aliphatic heterocycles. The van der Waals surface area contributed by atoms with E-state index in [-0.39, 0.29) is 0 Å². The van der Waals surface area contributed by atoms with Crippen LogP contribution in [0.2, 0.25) is 0 Å². The molecule has 0 radical (unpaired) electrons. The van der Waals surface area contributed by atoms with Gasteiger partial charge in [-0.1, -0.05) is 6.07 Å². The molecule has 1 aromatic carbocycles. The van der Waals surface area contributed by atoms with Crippen LogP contribution in [0.25, 0.3) is 0 Å². The van der Waals surface area contributed by atoms with E-state index in [1.165, 1.54) is 10.6 Å². The van der Waals surface area contributed by atoms with Crippen LogP contribution in [0, 0.1) is 0 Å². The van der Waals surface area contributed by atoms with Gasteiger partial charge < -0.3 is 0 Å². The van der Waals surface area contributed by atoms with Gasteiger partial charge in [-0.25, -0.2) is 0 Å². The van der Waals surface area contributed by atoms with Crippen LogP contribution >= 0.6 is 31.1 Å². The number of thiol groups is 1. The molecule has 0 saturated heterocycles. The Kier molecular flexibility index (Phi) is 2.52. The van der Waals surface area contributed by atoms with Gasteiger partial charge in [0.1, 0.15) is 0 Å². The van der Waals surface area contributed by atoms with Gasteiger partial charge in [-0.3, -0.25) is 0 Å². The van der Waals surface area contributed by atoms with Crippen LogP contribution in [0.15, 0.2) is 23.1 Å². The lowest BCUT2D eigenvalue weighted by molar-refractivity contribution is 1.53. The van der Waals surface area contributed by atoms with E-state index in [4.69, 9.17) is 0 Å². The second-order valence-corrected chi connectivity index (χ2v) is 3.57. The van der Waals surface area contributed by atoms with Gasteiger partial charge in [-0.15, -0.1) is 31.1 Å². The SMILES string of the molecule is Pc1ccc(S)cc1P.